The smallest absolute Gasteiger partial charge is 0.108 e. The van der Waals surface area contributed by atoms with E-state index < -0.39 is 0 Å². The third-order valence-electron chi connectivity index (χ3n) is 3.35. The maximum absolute atomic E-state index is 4.38. The van der Waals surface area contributed by atoms with Crippen LogP contribution in [0.3, 0.4) is 0 Å². The number of aryl methyl sites for hydroxylation is 2. The Labute approximate surface area is 106 Å². The Morgan fingerprint density at radius 1 is 1.29 bits per heavy atom. The van der Waals surface area contributed by atoms with Gasteiger partial charge in [0.2, 0.25) is 0 Å². The van der Waals surface area contributed by atoms with Gasteiger partial charge in [0.1, 0.15) is 5.82 Å². The normalized spacial score (nSPS) is 12.0. The van der Waals surface area contributed by atoms with Gasteiger partial charge in [0.25, 0.3) is 0 Å². The third kappa shape index (κ3) is 5.35. The van der Waals surface area contributed by atoms with Crippen LogP contribution in [0.1, 0.15) is 45.9 Å². The van der Waals surface area contributed by atoms with E-state index in [1.165, 1.54) is 25.1 Å². The molecule has 0 atom stereocenters. The highest BCUT2D eigenvalue weighted by atomic mass is 15.0. The third-order valence-corrected chi connectivity index (χ3v) is 3.35. The van der Waals surface area contributed by atoms with Crippen LogP contribution in [-0.4, -0.2) is 22.6 Å². The molecule has 3 heteroatoms. The van der Waals surface area contributed by atoms with Gasteiger partial charge in [-0.2, -0.15) is 0 Å². The van der Waals surface area contributed by atoms with E-state index in [9.17, 15) is 0 Å². The van der Waals surface area contributed by atoms with E-state index in [0.29, 0.717) is 5.41 Å². The van der Waals surface area contributed by atoms with Crippen LogP contribution in [0.2, 0.25) is 0 Å². The molecule has 1 aromatic rings. The number of rotatable bonds is 8. The molecule has 0 fully saturated rings. The molecule has 0 radical (unpaired) electrons. The van der Waals surface area contributed by atoms with Gasteiger partial charge < -0.3 is 9.88 Å². The topological polar surface area (TPSA) is 29.9 Å². The summed E-state index contributed by atoms with van der Waals surface area (Å²) in [5, 5.41) is 3.47. The molecule has 17 heavy (non-hydrogen) atoms. The van der Waals surface area contributed by atoms with Gasteiger partial charge in [-0.05, 0) is 37.8 Å². The van der Waals surface area contributed by atoms with Crippen molar-refractivity contribution in [1.82, 2.24) is 14.9 Å². The van der Waals surface area contributed by atoms with E-state index in [1.807, 2.05) is 12.4 Å². The van der Waals surface area contributed by atoms with Crippen molar-refractivity contribution in [3.63, 3.8) is 0 Å². The molecule has 0 aliphatic carbocycles. The lowest BCUT2D eigenvalue weighted by Gasteiger charge is -2.24. The molecule has 1 rings (SSSR count). The Balaban J connectivity index is 2.26. The monoisotopic (exact) mass is 237 g/mol. The summed E-state index contributed by atoms with van der Waals surface area (Å²) in [6.07, 6.45) is 8.62. The van der Waals surface area contributed by atoms with Gasteiger partial charge in [0, 0.05) is 25.9 Å². The van der Waals surface area contributed by atoms with Crippen LogP contribution in [0.5, 0.6) is 0 Å². The van der Waals surface area contributed by atoms with Crippen LogP contribution in [0.4, 0.5) is 0 Å². The summed E-state index contributed by atoms with van der Waals surface area (Å²) in [6.45, 7) is 9.17. The van der Waals surface area contributed by atoms with Gasteiger partial charge in [-0.25, -0.2) is 4.98 Å². The number of nitrogens with zero attached hydrogens (tertiary/aromatic N) is 2. The minimum absolute atomic E-state index is 0.396. The molecule has 0 aliphatic rings. The fourth-order valence-corrected chi connectivity index (χ4v) is 1.94. The summed E-state index contributed by atoms with van der Waals surface area (Å²) in [7, 11) is 2.07. The van der Waals surface area contributed by atoms with Crippen molar-refractivity contribution in [1.29, 1.82) is 0 Å². The van der Waals surface area contributed by atoms with Crippen molar-refractivity contribution >= 4 is 0 Å². The second kappa shape index (κ2) is 6.80. The van der Waals surface area contributed by atoms with Gasteiger partial charge in [-0.1, -0.05) is 20.8 Å². The Kier molecular flexibility index (Phi) is 5.69. The highest BCUT2D eigenvalue weighted by Gasteiger charge is 2.17. The molecule has 0 aromatic carbocycles. The van der Waals surface area contributed by atoms with Crippen LogP contribution < -0.4 is 5.32 Å². The van der Waals surface area contributed by atoms with E-state index in [4.69, 9.17) is 0 Å². The lowest BCUT2D eigenvalue weighted by Crippen LogP contribution is -2.23. The molecular weight excluding hydrogens is 210 g/mol. The van der Waals surface area contributed by atoms with Crippen molar-refractivity contribution in [2.75, 3.05) is 13.1 Å². The molecule has 1 aromatic heterocycles. The Hall–Kier alpha value is -0.830. The predicted molar refractivity (Wildman–Crippen MR) is 73.1 cm³/mol. The first-order valence-corrected chi connectivity index (χ1v) is 6.72. The van der Waals surface area contributed by atoms with Crippen LogP contribution in [0, 0.1) is 5.41 Å². The SMILES string of the molecule is CCCNCCC(C)(C)CCc1nccn1C. The molecule has 0 amide bonds. The zero-order valence-electron chi connectivity index (χ0n) is 11.8. The van der Waals surface area contributed by atoms with Gasteiger partial charge >= 0.3 is 0 Å². The van der Waals surface area contributed by atoms with Crippen LogP contribution in [-0.2, 0) is 13.5 Å². The minimum Gasteiger partial charge on any atom is -0.338 e. The average molecular weight is 237 g/mol. The summed E-state index contributed by atoms with van der Waals surface area (Å²) in [5.41, 5.74) is 0.396. The fraction of sp³-hybridized carbons (Fsp3) is 0.786. The zero-order chi connectivity index (χ0) is 12.7. The first-order valence-electron chi connectivity index (χ1n) is 6.72. The number of nitrogens with one attached hydrogen (secondary N) is 1. The standard InChI is InChI=1S/C14H27N3/c1-5-9-15-10-8-14(2,3)7-6-13-16-11-12-17(13)4/h11-12,15H,5-10H2,1-4H3. The highest BCUT2D eigenvalue weighted by Crippen LogP contribution is 2.26. The predicted octanol–water partition coefficient (Wildman–Crippen LogP) is 2.77. The Bertz CT molecular complexity index is 315. The average Bonchev–Trinajstić information content (AvgIpc) is 2.68. The minimum atomic E-state index is 0.396. The first kappa shape index (κ1) is 14.2. The zero-order valence-corrected chi connectivity index (χ0v) is 11.8. The fourth-order valence-electron chi connectivity index (χ4n) is 1.94. The van der Waals surface area contributed by atoms with Crippen molar-refractivity contribution in [2.45, 2.75) is 46.5 Å². The van der Waals surface area contributed by atoms with Crippen molar-refractivity contribution in [3.8, 4) is 0 Å². The number of aromatic nitrogens is 2. The van der Waals surface area contributed by atoms with Gasteiger partial charge in [0.05, 0.1) is 0 Å². The molecule has 0 aliphatic heterocycles. The summed E-state index contributed by atoms with van der Waals surface area (Å²) in [4.78, 5) is 4.38. The number of hydrogen-bond donors (Lipinski definition) is 1. The Morgan fingerprint density at radius 3 is 2.65 bits per heavy atom. The summed E-state index contributed by atoms with van der Waals surface area (Å²) in [5.74, 6) is 1.19. The van der Waals surface area contributed by atoms with E-state index in [2.05, 4.69) is 42.7 Å². The highest BCUT2D eigenvalue weighted by molar-refractivity contribution is 4.92. The Morgan fingerprint density at radius 2 is 2.06 bits per heavy atom. The number of imidazole rings is 1. The summed E-state index contributed by atoms with van der Waals surface area (Å²) < 4.78 is 2.12. The van der Waals surface area contributed by atoms with E-state index in [1.54, 1.807) is 0 Å². The molecule has 98 valence electrons. The van der Waals surface area contributed by atoms with E-state index in [-0.39, 0.29) is 0 Å². The lowest BCUT2D eigenvalue weighted by atomic mass is 9.84. The molecule has 0 saturated carbocycles. The maximum atomic E-state index is 4.38. The molecule has 0 unspecified atom stereocenters. The van der Waals surface area contributed by atoms with Crippen LogP contribution in [0.15, 0.2) is 12.4 Å². The van der Waals surface area contributed by atoms with Gasteiger partial charge in [0.15, 0.2) is 0 Å². The van der Waals surface area contributed by atoms with Crippen LogP contribution in [0.25, 0.3) is 0 Å². The lowest BCUT2D eigenvalue weighted by molar-refractivity contribution is 0.299. The molecule has 0 bridgehead atoms. The molecule has 0 saturated heterocycles. The molecule has 1 N–H and O–H groups in total. The van der Waals surface area contributed by atoms with Gasteiger partial charge in [-0.3, -0.25) is 0 Å². The largest absolute Gasteiger partial charge is 0.338 e. The summed E-state index contributed by atoms with van der Waals surface area (Å²) in [6, 6.07) is 0. The second-order valence-corrected chi connectivity index (χ2v) is 5.62. The van der Waals surface area contributed by atoms with Crippen molar-refractivity contribution < 1.29 is 0 Å². The van der Waals surface area contributed by atoms with E-state index >= 15 is 0 Å². The molecule has 0 spiro atoms. The quantitative estimate of drug-likeness (QED) is 0.705. The first-order chi connectivity index (χ1) is 8.05. The molecular formula is C14H27N3. The second-order valence-electron chi connectivity index (χ2n) is 5.62. The number of hydrogen-bond acceptors (Lipinski definition) is 2. The summed E-state index contributed by atoms with van der Waals surface area (Å²) >= 11 is 0. The van der Waals surface area contributed by atoms with Crippen molar-refractivity contribution in [3.05, 3.63) is 18.2 Å². The maximum Gasteiger partial charge on any atom is 0.108 e. The van der Waals surface area contributed by atoms with E-state index in [0.717, 1.165) is 19.5 Å². The van der Waals surface area contributed by atoms with Crippen LogP contribution >= 0.6 is 0 Å². The molecule has 3 nitrogen and oxygen atoms in total. The van der Waals surface area contributed by atoms with Gasteiger partial charge in [-0.15, -0.1) is 0 Å². The van der Waals surface area contributed by atoms with Crippen molar-refractivity contribution in [2.24, 2.45) is 12.5 Å². The molecule has 1 heterocycles.